The number of aryl methyl sites for hydroxylation is 6. The zero-order valence-electron chi connectivity index (χ0n) is 30.9. The maximum atomic E-state index is 9.52. The van der Waals surface area contributed by atoms with Crippen molar-refractivity contribution in [3.63, 3.8) is 0 Å². The van der Waals surface area contributed by atoms with Gasteiger partial charge in [-0.05, 0) is 87.9 Å². The van der Waals surface area contributed by atoms with Gasteiger partial charge >= 0.3 is 28.5 Å². The second-order valence-electron chi connectivity index (χ2n) is 12.1. The Morgan fingerprint density at radius 2 is 1.10 bits per heavy atom. The van der Waals surface area contributed by atoms with Gasteiger partial charge in [0.25, 0.3) is 0 Å². The highest BCUT2D eigenvalue weighted by Crippen LogP contribution is 2.06. The van der Waals surface area contributed by atoms with Crippen molar-refractivity contribution in [1.29, 1.82) is 0 Å². The molecule has 0 aliphatic heterocycles. The molecule has 4 aromatic rings. The summed E-state index contributed by atoms with van der Waals surface area (Å²) in [6, 6.07) is 25.0. The van der Waals surface area contributed by atoms with Crippen LogP contribution in [-0.2, 0) is 14.0 Å². The Balaban J connectivity index is 0.000000327. The Morgan fingerprint density at radius 1 is 0.571 bits per heavy atom. The van der Waals surface area contributed by atoms with Gasteiger partial charge in [0.05, 0.1) is 0 Å². The Labute approximate surface area is 295 Å². The number of rotatable bonds is 10. The third-order valence-electron chi connectivity index (χ3n) is 7.73. The highest BCUT2D eigenvalue weighted by molar-refractivity contribution is 6.62. The Morgan fingerprint density at radius 3 is 1.57 bits per heavy atom. The topological polar surface area (TPSA) is 129 Å². The van der Waals surface area contributed by atoms with Gasteiger partial charge in [0.15, 0.2) is 0 Å². The zero-order chi connectivity index (χ0) is 37.1. The van der Waals surface area contributed by atoms with E-state index in [0.717, 1.165) is 51.6 Å². The van der Waals surface area contributed by atoms with Crippen molar-refractivity contribution in [2.24, 2.45) is 0 Å². The van der Waals surface area contributed by atoms with Crippen LogP contribution in [0.1, 0.15) is 58.7 Å². The minimum Gasteiger partial charge on any atom is -0.423 e. The van der Waals surface area contributed by atoms with Gasteiger partial charge in [0, 0.05) is 20.8 Å². The average Bonchev–Trinajstić information content (AvgIpc) is 3.04. The van der Waals surface area contributed by atoms with E-state index in [4.69, 9.17) is 34.1 Å². The van der Waals surface area contributed by atoms with Crippen LogP contribution in [-0.4, -0.2) is 74.4 Å². The summed E-state index contributed by atoms with van der Waals surface area (Å²) in [6.07, 6.45) is 2.07. The summed E-state index contributed by atoms with van der Waals surface area (Å²) < 4.78 is 15.6. The van der Waals surface area contributed by atoms with Crippen molar-refractivity contribution < 1.29 is 39.1 Å². The van der Waals surface area contributed by atoms with Gasteiger partial charge in [-0.2, -0.15) is 0 Å². The normalized spacial score (nSPS) is 10.0. The van der Waals surface area contributed by atoms with E-state index in [1.165, 1.54) is 11.1 Å². The van der Waals surface area contributed by atoms with E-state index in [1.807, 2.05) is 95.3 Å². The van der Waals surface area contributed by atoms with Crippen molar-refractivity contribution in [2.75, 3.05) is 20.8 Å². The van der Waals surface area contributed by atoms with Gasteiger partial charge in [-0.3, -0.25) is 0 Å². The lowest BCUT2D eigenvalue weighted by Gasteiger charge is -2.12. The van der Waals surface area contributed by atoms with Crippen LogP contribution in [0.15, 0.2) is 78.9 Å². The molecule has 0 aromatic heterocycles. The molecule has 4 rings (SSSR count). The minimum atomic E-state index is -1.36. The molecule has 0 saturated heterocycles. The lowest BCUT2D eigenvalue weighted by atomic mass is 9.74. The SMILES string of the molecule is CCCCOB(O)c1ccccc1.COB(OC)c1cccc(C)c1C.Cc1cc(C)c(B(O)O)c(C)c1.Cc1cc(C)cc(B(O)O)c1. The van der Waals surface area contributed by atoms with Crippen LogP contribution in [0.2, 0.25) is 0 Å². The van der Waals surface area contributed by atoms with E-state index in [2.05, 4.69) is 26.8 Å². The van der Waals surface area contributed by atoms with Gasteiger partial charge in [0.2, 0.25) is 0 Å². The summed E-state index contributed by atoms with van der Waals surface area (Å²) in [7, 11) is -0.432. The molecule has 0 aliphatic carbocycles. The van der Waals surface area contributed by atoms with Crippen LogP contribution < -0.4 is 21.9 Å². The number of hydrogen-bond donors (Lipinski definition) is 5. The summed E-state index contributed by atoms with van der Waals surface area (Å²) >= 11 is 0. The molecule has 8 nitrogen and oxygen atoms in total. The highest BCUT2D eigenvalue weighted by atomic mass is 16.6. The Hall–Kier alpha value is -3.18. The van der Waals surface area contributed by atoms with Gasteiger partial charge in [0.1, 0.15) is 0 Å². The van der Waals surface area contributed by atoms with E-state index in [9.17, 15) is 5.02 Å². The first-order valence-corrected chi connectivity index (χ1v) is 16.5. The predicted octanol–water partition coefficient (Wildman–Crippen LogP) is 2.76. The molecule has 0 fully saturated rings. The standard InChI is InChI=1S/2C10H15BO2.C9H13BO2.C8H11BO2/c1-8-6-5-7-10(9(8)2)11(12-3)13-4;1-2-3-9-13-11(12)10-7-5-4-6-8-10;1-6-4-7(2)9(10(11)12)8(3)5-6;1-6-3-7(2)5-8(4-6)9(10)11/h5-7H,1-4H3;4-8,12H,2-3,9H2,1H3;4-5,11-12H,1-3H3;3-5,10-11H,1-2H3. The maximum absolute atomic E-state index is 9.52. The largest absolute Gasteiger partial charge is 0.493 e. The second kappa shape index (κ2) is 23.3. The van der Waals surface area contributed by atoms with Crippen molar-refractivity contribution >= 4 is 50.3 Å². The van der Waals surface area contributed by atoms with E-state index >= 15 is 0 Å². The molecular formula is C37H54B4O8. The molecule has 0 atom stereocenters. The predicted molar refractivity (Wildman–Crippen MR) is 206 cm³/mol. The van der Waals surface area contributed by atoms with Gasteiger partial charge in [-0.1, -0.05) is 120 Å². The number of hydrogen-bond acceptors (Lipinski definition) is 8. The highest BCUT2D eigenvalue weighted by Gasteiger charge is 2.20. The molecule has 0 unspecified atom stereocenters. The Kier molecular flexibility index (Phi) is 20.8. The Bertz CT molecular complexity index is 1470. The lowest BCUT2D eigenvalue weighted by molar-refractivity contribution is 0.264. The van der Waals surface area contributed by atoms with E-state index in [-0.39, 0.29) is 7.12 Å². The summed E-state index contributed by atoms with van der Waals surface area (Å²) in [5.74, 6) is 0. The molecule has 49 heavy (non-hydrogen) atoms. The van der Waals surface area contributed by atoms with Gasteiger partial charge in [-0.25, -0.2) is 0 Å². The first kappa shape index (κ1) is 43.8. The summed E-state index contributed by atoms with van der Waals surface area (Å²) in [6.45, 7) is 16.5. The number of benzene rings is 4. The molecule has 262 valence electrons. The third-order valence-corrected chi connectivity index (χ3v) is 7.73. The molecular weight excluding hydrogens is 616 g/mol. The van der Waals surface area contributed by atoms with E-state index in [0.29, 0.717) is 17.5 Å². The molecule has 0 amide bonds. The zero-order valence-corrected chi connectivity index (χ0v) is 30.9. The molecule has 0 spiro atoms. The maximum Gasteiger partial charge on any atom is 0.493 e. The summed E-state index contributed by atoms with van der Waals surface area (Å²) in [5.41, 5.74) is 10.7. The first-order valence-electron chi connectivity index (χ1n) is 16.5. The van der Waals surface area contributed by atoms with E-state index < -0.39 is 21.4 Å². The van der Waals surface area contributed by atoms with Crippen molar-refractivity contribution in [3.05, 3.63) is 118 Å². The van der Waals surface area contributed by atoms with E-state index in [1.54, 1.807) is 26.4 Å². The van der Waals surface area contributed by atoms with Crippen molar-refractivity contribution in [2.45, 2.75) is 68.2 Å². The molecule has 0 heterocycles. The van der Waals surface area contributed by atoms with Gasteiger partial charge < -0.3 is 39.1 Å². The smallest absolute Gasteiger partial charge is 0.423 e. The molecule has 12 heteroatoms. The van der Waals surface area contributed by atoms with Crippen LogP contribution in [0.25, 0.3) is 0 Å². The molecule has 0 saturated carbocycles. The third kappa shape index (κ3) is 15.9. The van der Waals surface area contributed by atoms with Crippen molar-refractivity contribution in [1.82, 2.24) is 0 Å². The second-order valence-corrected chi connectivity index (χ2v) is 12.1. The fourth-order valence-corrected chi connectivity index (χ4v) is 5.19. The van der Waals surface area contributed by atoms with Crippen molar-refractivity contribution in [3.8, 4) is 0 Å². The summed E-state index contributed by atoms with van der Waals surface area (Å²) in [4.78, 5) is 0. The molecule has 5 N–H and O–H groups in total. The molecule has 0 bridgehead atoms. The quantitative estimate of drug-likeness (QED) is 0.129. The lowest BCUT2D eigenvalue weighted by Crippen LogP contribution is -2.36. The van der Waals surface area contributed by atoms with Gasteiger partial charge in [-0.15, -0.1) is 0 Å². The first-order chi connectivity index (χ1) is 23.2. The molecule has 0 aliphatic rings. The minimum absolute atomic E-state index is 0.250. The van der Waals surface area contributed by atoms with Crippen LogP contribution in [0, 0.1) is 48.5 Å². The fourth-order valence-electron chi connectivity index (χ4n) is 5.19. The summed E-state index contributed by atoms with van der Waals surface area (Å²) in [5, 5.41) is 45.2. The van der Waals surface area contributed by atoms with Crippen LogP contribution in [0.4, 0.5) is 0 Å². The monoisotopic (exact) mass is 670 g/mol. The average molecular weight is 670 g/mol. The fraction of sp³-hybridized carbons (Fsp3) is 0.351. The van der Waals surface area contributed by atoms with Crippen LogP contribution >= 0.6 is 0 Å². The van der Waals surface area contributed by atoms with Crippen LogP contribution in [0.5, 0.6) is 0 Å². The molecule has 0 radical (unpaired) electrons. The van der Waals surface area contributed by atoms with Crippen LogP contribution in [0.3, 0.4) is 0 Å². The molecule has 4 aromatic carbocycles. The number of unbranched alkanes of at least 4 members (excludes halogenated alkanes) is 1.